The van der Waals surface area contributed by atoms with Gasteiger partial charge in [0.25, 0.3) is 0 Å². The molecule has 0 aliphatic carbocycles. The Morgan fingerprint density at radius 2 is 2.31 bits per heavy atom. The van der Waals surface area contributed by atoms with Crippen LogP contribution in [0.3, 0.4) is 0 Å². The first-order chi connectivity index (χ1) is 6.36. The van der Waals surface area contributed by atoms with E-state index >= 15 is 0 Å². The molecule has 0 fully saturated rings. The molecule has 0 saturated carbocycles. The molecule has 0 atom stereocenters. The van der Waals surface area contributed by atoms with Crippen LogP contribution in [0.5, 0.6) is 0 Å². The van der Waals surface area contributed by atoms with Crippen molar-refractivity contribution in [2.75, 3.05) is 0 Å². The van der Waals surface area contributed by atoms with E-state index in [1.807, 2.05) is 23.2 Å². The highest BCUT2D eigenvalue weighted by Gasteiger charge is 1.94. The van der Waals surface area contributed by atoms with Gasteiger partial charge in [0.05, 0.1) is 12.7 Å². The second-order valence-electron chi connectivity index (χ2n) is 2.62. The van der Waals surface area contributed by atoms with Crippen molar-refractivity contribution in [1.29, 1.82) is 0 Å². The molecule has 0 aliphatic heterocycles. The summed E-state index contributed by atoms with van der Waals surface area (Å²) in [6.45, 7) is 1.60. The molecule has 2 rings (SSSR count). The van der Waals surface area contributed by atoms with Crippen LogP contribution < -0.4 is 0 Å². The Balaban J connectivity index is 2.01. The van der Waals surface area contributed by atoms with Gasteiger partial charge in [-0.15, -0.1) is 5.10 Å². The molecule has 5 nitrogen and oxygen atoms in total. The number of imidazole rings is 1. The van der Waals surface area contributed by atoms with Crippen molar-refractivity contribution in [2.45, 2.75) is 13.1 Å². The van der Waals surface area contributed by atoms with E-state index in [0.29, 0.717) is 0 Å². The lowest BCUT2D eigenvalue weighted by atomic mass is 10.6. The fourth-order valence-corrected chi connectivity index (χ4v) is 1.31. The Morgan fingerprint density at radius 1 is 1.38 bits per heavy atom. The molecule has 2 aromatic heterocycles. The zero-order valence-corrected chi connectivity index (χ0v) is 7.74. The minimum absolute atomic E-state index is 0.736. The van der Waals surface area contributed by atoms with Crippen LogP contribution >= 0.6 is 12.2 Å². The number of aromatic nitrogens is 5. The first-order valence-electron chi connectivity index (χ1n) is 3.94. The van der Waals surface area contributed by atoms with Gasteiger partial charge in [-0.05, 0) is 12.2 Å². The Kier molecular flexibility index (Phi) is 2.22. The summed E-state index contributed by atoms with van der Waals surface area (Å²) in [5.74, 6) is 0. The highest BCUT2D eigenvalue weighted by molar-refractivity contribution is 7.71. The Labute approximate surface area is 80.0 Å². The molecule has 13 heavy (non-hydrogen) atoms. The van der Waals surface area contributed by atoms with Gasteiger partial charge >= 0.3 is 0 Å². The van der Waals surface area contributed by atoms with E-state index in [2.05, 4.69) is 15.3 Å². The number of H-pyrrole nitrogens is 1. The van der Waals surface area contributed by atoms with Crippen molar-refractivity contribution in [3.05, 3.63) is 29.6 Å². The fraction of sp³-hybridized carbons (Fsp3) is 0.286. The summed E-state index contributed by atoms with van der Waals surface area (Å²) in [6.07, 6.45) is 7.23. The average molecular weight is 195 g/mol. The Bertz CT molecular complexity index is 412. The van der Waals surface area contributed by atoms with E-state index in [9.17, 15) is 0 Å². The van der Waals surface area contributed by atoms with Gasteiger partial charge in [-0.25, -0.2) is 0 Å². The van der Waals surface area contributed by atoms with Crippen LogP contribution in [-0.2, 0) is 13.1 Å². The maximum Gasteiger partial charge on any atom is 0.177 e. The van der Waals surface area contributed by atoms with Gasteiger partial charge in [-0.2, -0.15) is 0 Å². The van der Waals surface area contributed by atoms with E-state index < -0.39 is 0 Å². The molecule has 0 saturated heterocycles. The van der Waals surface area contributed by atoms with Gasteiger partial charge in [0.15, 0.2) is 4.77 Å². The van der Waals surface area contributed by atoms with Crippen LogP contribution in [0.2, 0.25) is 0 Å². The van der Waals surface area contributed by atoms with E-state index in [1.165, 1.54) is 0 Å². The minimum Gasteiger partial charge on any atom is -0.337 e. The number of aromatic amines is 1. The second kappa shape index (κ2) is 3.53. The third-order valence-electron chi connectivity index (χ3n) is 1.76. The number of hydrogen-bond acceptors (Lipinski definition) is 3. The van der Waals surface area contributed by atoms with E-state index in [1.54, 1.807) is 10.9 Å². The average Bonchev–Trinajstić information content (AvgIpc) is 2.72. The lowest BCUT2D eigenvalue weighted by molar-refractivity contribution is 0.516. The van der Waals surface area contributed by atoms with Gasteiger partial charge < -0.3 is 9.55 Å². The quantitative estimate of drug-likeness (QED) is 0.738. The molecule has 68 valence electrons. The zero-order valence-electron chi connectivity index (χ0n) is 6.92. The van der Waals surface area contributed by atoms with Crippen LogP contribution in [0, 0.1) is 4.77 Å². The van der Waals surface area contributed by atoms with E-state index in [-0.39, 0.29) is 0 Å². The predicted octanol–water partition coefficient (Wildman–Crippen LogP) is 0.837. The lowest BCUT2D eigenvalue weighted by Crippen LogP contribution is -2.07. The lowest BCUT2D eigenvalue weighted by Gasteiger charge is -2.00. The van der Waals surface area contributed by atoms with Crippen LogP contribution in [0.4, 0.5) is 0 Å². The molecular formula is C7H9N5S. The summed E-state index contributed by atoms with van der Waals surface area (Å²) < 4.78 is 4.46. The van der Waals surface area contributed by atoms with Crippen molar-refractivity contribution in [3.63, 3.8) is 0 Å². The maximum absolute atomic E-state index is 5.04. The van der Waals surface area contributed by atoms with Gasteiger partial charge in [-0.1, -0.05) is 5.21 Å². The summed E-state index contributed by atoms with van der Waals surface area (Å²) in [6, 6.07) is 0. The van der Waals surface area contributed by atoms with Crippen LogP contribution in [0.15, 0.2) is 24.8 Å². The topological polar surface area (TPSA) is 51.4 Å². The smallest absolute Gasteiger partial charge is 0.177 e. The van der Waals surface area contributed by atoms with Gasteiger partial charge in [0.1, 0.15) is 0 Å². The zero-order chi connectivity index (χ0) is 9.10. The van der Waals surface area contributed by atoms with E-state index in [0.717, 1.165) is 17.9 Å². The molecule has 6 heteroatoms. The summed E-state index contributed by atoms with van der Waals surface area (Å²) in [7, 11) is 0. The van der Waals surface area contributed by atoms with Crippen molar-refractivity contribution >= 4 is 12.2 Å². The maximum atomic E-state index is 5.04. The SMILES string of the molecule is S=c1[nH]ccn1CCn1ccnn1. The third-order valence-corrected chi connectivity index (χ3v) is 2.12. The highest BCUT2D eigenvalue weighted by Crippen LogP contribution is 1.92. The van der Waals surface area contributed by atoms with Crippen LogP contribution in [-0.4, -0.2) is 24.5 Å². The minimum atomic E-state index is 0.736. The number of nitrogens with one attached hydrogen (secondary N) is 1. The molecule has 0 radical (unpaired) electrons. The molecule has 2 heterocycles. The first-order valence-corrected chi connectivity index (χ1v) is 4.35. The number of nitrogens with zero attached hydrogens (tertiary/aromatic N) is 4. The molecule has 0 amide bonds. The largest absolute Gasteiger partial charge is 0.337 e. The number of aryl methyl sites for hydroxylation is 2. The normalized spacial score (nSPS) is 10.5. The Morgan fingerprint density at radius 3 is 2.92 bits per heavy atom. The summed E-state index contributed by atoms with van der Waals surface area (Å²) in [5.41, 5.74) is 0. The molecule has 2 aromatic rings. The van der Waals surface area contributed by atoms with Crippen molar-refractivity contribution in [2.24, 2.45) is 0 Å². The molecule has 0 aliphatic rings. The Hall–Kier alpha value is -1.43. The number of rotatable bonds is 3. The fourth-order valence-electron chi connectivity index (χ4n) is 1.09. The van der Waals surface area contributed by atoms with Crippen molar-refractivity contribution < 1.29 is 0 Å². The standard InChI is InChI=1S/C7H9N5S/c13-7-8-1-3-11(7)5-6-12-4-2-9-10-12/h1-4H,5-6H2,(H,8,13). The predicted molar refractivity (Wildman–Crippen MR) is 49.6 cm³/mol. The first kappa shape index (κ1) is 8.18. The molecule has 0 aromatic carbocycles. The molecule has 0 spiro atoms. The van der Waals surface area contributed by atoms with Crippen LogP contribution in [0.25, 0.3) is 0 Å². The van der Waals surface area contributed by atoms with Gasteiger partial charge in [0.2, 0.25) is 0 Å². The monoisotopic (exact) mass is 195 g/mol. The molecule has 1 N–H and O–H groups in total. The number of hydrogen-bond donors (Lipinski definition) is 1. The van der Waals surface area contributed by atoms with Gasteiger partial charge in [-0.3, -0.25) is 4.68 Å². The third kappa shape index (κ3) is 1.83. The van der Waals surface area contributed by atoms with Crippen molar-refractivity contribution in [3.8, 4) is 0 Å². The van der Waals surface area contributed by atoms with Crippen LogP contribution in [0.1, 0.15) is 0 Å². The van der Waals surface area contributed by atoms with Crippen molar-refractivity contribution in [1.82, 2.24) is 24.5 Å². The summed E-state index contributed by atoms with van der Waals surface area (Å²) in [4.78, 5) is 2.93. The summed E-state index contributed by atoms with van der Waals surface area (Å²) >= 11 is 5.04. The van der Waals surface area contributed by atoms with Gasteiger partial charge in [0, 0.05) is 25.1 Å². The second-order valence-corrected chi connectivity index (χ2v) is 3.01. The molecule has 0 unspecified atom stereocenters. The molecule has 0 bridgehead atoms. The van der Waals surface area contributed by atoms with E-state index in [4.69, 9.17) is 12.2 Å². The molecular weight excluding hydrogens is 186 g/mol. The summed E-state index contributed by atoms with van der Waals surface area (Å²) in [5, 5.41) is 7.57. The highest BCUT2D eigenvalue weighted by atomic mass is 32.1.